The van der Waals surface area contributed by atoms with Gasteiger partial charge < -0.3 is 0 Å². The van der Waals surface area contributed by atoms with E-state index < -0.39 is 0 Å². The molecule has 0 aromatic heterocycles. The van der Waals surface area contributed by atoms with Crippen LogP contribution in [0.1, 0.15) is 145 Å². The van der Waals surface area contributed by atoms with Crippen molar-refractivity contribution >= 4 is 22.9 Å². The molecule has 0 aliphatic heterocycles. The molecule has 0 amide bonds. The van der Waals surface area contributed by atoms with Gasteiger partial charge in [-0.2, -0.15) is 0 Å². The van der Waals surface area contributed by atoms with Crippen LogP contribution in [0.25, 0.3) is 45.2 Å². The maximum atomic E-state index is 2.64. The quantitative estimate of drug-likeness (QED) is 0.169. The minimum absolute atomic E-state index is 0.159. The SMILES string of the molecule is C1=CC(c2ccc3c(c2)C2(CCCCCC2)c2ccccc2-3)c2ccc3c4c(ccc1c24)C=CC3c1ccc2c(c1)C1(CCCCCC1)c1ccccc1-2. The van der Waals surface area contributed by atoms with E-state index in [9.17, 15) is 0 Å². The second-order valence-electron chi connectivity index (χ2n) is 17.6. The zero-order valence-corrected chi connectivity index (χ0v) is 31.3. The molecule has 6 aromatic rings. The zero-order valence-electron chi connectivity index (χ0n) is 31.3. The number of allylic oxidation sites excluding steroid dienone is 2. The lowest BCUT2D eigenvalue weighted by atomic mass is 9.70. The number of rotatable bonds is 2. The predicted molar refractivity (Wildman–Crippen MR) is 226 cm³/mol. The topological polar surface area (TPSA) is 0 Å². The number of hydrogen-bond donors (Lipinski definition) is 0. The molecule has 0 radical (unpaired) electrons. The van der Waals surface area contributed by atoms with Gasteiger partial charge in [-0.05, 0) is 114 Å². The number of hydrogen-bond acceptors (Lipinski definition) is 0. The van der Waals surface area contributed by atoms with Crippen LogP contribution in [0.2, 0.25) is 0 Å². The summed E-state index contributed by atoms with van der Waals surface area (Å²) in [6.45, 7) is 0. The first-order valence-electron chi connectivity index (χ1n) is 21.2. The summed E-state index contributed by atoms with van der Waals surface area (Å²) >= 11 is 0. The van der Waals surface area contributed by atoms with E-state index in [1.54, 1.807) is 22.3 Å². The molecule has 0 nitrogen and oxygen atoms in total. The van der Waals surface area contributed by atoms with Gasteiger partial charge >= 0.3 is 0 Å². The summed E-state index contributed by atoms with van der Waals surface area (Å²) in [5, 5.41) is 2.93. The van der Waals surface area contributed by atoms with Crippen molar-refractivity contribution in [3.63, 3.8) is 0 Å². The molecule has 2 spiro atoms. The van der Waals surface area contributed by atoms with Gasteiger partial charge in [-0.1, -0.05) is 185 Å². The van der Waals surface area contributed by atoms with Gasteiger partial charge in [-0.3, -0.25) is 0 Å². The summed E-state index contributed by atoms with van der Waals surface area (Å²) in [6.07, 6.45) is 25.7. The highest BCUT2D eigenvalue weighted by Crippen LogP contribution is 2.58. The molecule has 0 bridgehead atoms. The smallest absolute Gasteiger partial charge is 0.0279 e. The summed E-state index contributed by atoms with van der Waals surface area (Å²) in [5.41, 5.74) is 21.1. The number of fused-ring (bicyclic) bond motifs is 10. The van der Waals surface area contributed by atoms with Crippen LogP contribution in [0.5, 0.6) is 0 Å². The van der Waals surface area contributed by atoms with Crippen molar-refractivity contribution in [1.82, 2.24) is 0 Å². The fourth-order valence-electron chi connectivity index (χ4n) is 12.7. The second kappa shape index (κ2) is 11.8. The molecule has 54 heavy (non-hydrogen) atoms. The van der Waals surface area contributed by atoms with Gasteiger partial charge in [0.15, 0.2) is 0 Å². The molecule has 12 rings (SSSR count). The summed E-state index contributed by atoms with van der Waals surface area (Å²) in [6, 6.07) is 43.6. The van der Waals surface area contributed by atoms with Gasteiger partial charge in [0.25, 0.3) is 0 Å². The van der Waals surface area contributed by atoms with E-state index in [2.05, 4.69) is 133 Å². The fraction of sp³-hybridized carbons (Fsp3) is 0.296. The molecular weight excluding hydrogens is 649 g/mol. The third-order valence-electron chi connectivity index (χ3n) is 15.1. The van der Waals surface area contributed by atoms with E-state index in [4.69, 9.17) is 0 Å². The Morgan fingerprint density at radius 2 is 0.778 bits per heavy atom. The van der Waals surface area contributed by atoms with Crippen LogP contribution in [-0.4, -0.2) is 0 Å². The van der Waals surface area contributed by atoms with Gasteiger partial charge in [-0.25, -0.2) is 0 Å². The van der Waals surface area contributed by atoms with Crippen LogP contribution >= 0.6 is 0 Å². The molecule has 0 heteroatoms. The monoisotopic (exact) mass is 696 g/mol. The lowest BCUT2D eigenvalue weighted by molar-refractivity contribution is 0.456. The van der Waals surface area contributed by atoms with Crippen LogP contribution in [-0.2, 0) is 10.8 Å². The van der Waals surface area contributed by atoms with Crippen molar-refractivity contribution in [3.8, 4) is 22.3 Å². The van der Waals surface area contributed by atoms with Crippen LogP contribution in [0, 0.1) is 0 Å². The highest BCUT2D eigenvalue weighted by molar-refractivity contribution is 6.04. The van der Waals surface area contributed by atoms with Gasteiger partial charge in [0.1, 0.15) is 0 Å². The first-order valence-corrected chi connectivity index (χ1v) is 21.2. The van der Waals surface area contributed by atoms with E-state index in [0.29, 0.717) is 0 Å². The summed E-state index contributed by atoms with van der Waals surface area (Å²) < 4.78 is 0. The van der Waals surface area contributed by atoms with Gasteiger partial charge in [0.2, 0.25) is 0 Å². The molecular formula is C54H48. The molecule has 2 unspecified atom stereocenters. The maximum Gasteiger partial charge on any atom is 0.0279 e. The zero-order chi connectivity index (χ0) is 35.4. The second-order valence-corrected chi connectivity index (χ2v) is 17.6. The van der Waals surface area contributed by atoms with E-state index in [-0.39, 0.29) is 22.7 Å². The van der Waals surface area contributed by atoms with Gasteiger partial charge in [-0.15, -0.1) is 0 Å². The predicted octanol–water partition coefficient (Wildman–Crippen LogP) is 14.4. The van der Waals surface area contributed by atoms with Crippen LogP contribution < -0.4 is 0 Å². The summed E-state index contributed by atoms with van der Waals surface area (Å²) in [5.74, 6) is 0.494. The normalized spacial score (nSPS) is 22.1. The molecule has 264 valence electrons. The van der Waals surface area contributed by atoms with Crippen LogP contribution in [0.15, 0.2) is 121 Å². The molecule has 2 atom stereocenters. The highest BCUT2D eigenvalue weighted by atomic mass is 14.5. The Labute approximate surface area is 320 Å². The molecule has 2 saturated carbocycles. The Hall–Kier alpha value is -4.94. The fourth-order valence-corrected chi connectivity index (χ4v) is 12.7. The molecule has 0 heterocycles. The van der Waals surface area contributed by atoms with Crippen molar-refractivity contribution < 1.29 is 0 Å². The maximum absolute atomic E-state index is 2.64. The molecule has 6 aromatic carbocycles. The first-order chi connectivity index (χ1) is 26.7. The Morgan fingerprint density at radius 3 is 1.22 bits per heavy atom. The van der Waals surface area contributed by atoms with Crippen molar-refractivity contribution in [2.45, 2.75) is 99.7 Å². The number of benzene rings is 6. The Kier molecular flexibility index (Phi) is 6.85. The van der Waals surface area contributed by atoms with E-state index in [1.807, 2.05) is 0 Å². The third kappa shape index (κ3) is 4.26. The average molecular weight is 697 g/mol. The Balaban J connectivity index is 0.975. The lowest BCUT2D eigenvalue weighted by Gasteiger charge is -2.33. The van der Waals surface area contributed by atoms with Crippen LogP contribution in [0.3, 0.4) is 0 Å². The summed E-state index contributed by atoms with van der Waals surface area (Å²) in [4.78, 5) is 0. The highest BCUT2D eigenvalue weighted by Gasteiger charge is 2.45. The third-order valence-corrected chi connectivity index (χ3v) is 15.1. The van der Waals surface area contributed by atoms with Gasteiger partial charge in [0, 0.05) is 22.7 Å². The largest absolute Gasteiger partial charge is 0.0720 e. The Morgan fingerprint density at radius 1 is 0.370 bits per heavy atom. The Bertz CT molecular complexity index is 2390. The van der Waals surface area contributed by atoms with Crippen molar-refractivity contribution in [2.24, 2.45) is 0 Å². The first kappa shape index (κ1) is 31.4. The minimum Gasteiger partial charge on any atom is -0.0720 e. The van der Waals surface area contributed by atoms with E-state index >= 15 is 0 Å². The average Bonchev–Trinajstić information content (AvgIpc) is 3.40. The molecule has 0 N–H and O–H groups in total. The van der Waals surface area contributed by atoms with Crippen molar-refractivity contribution in [1.29, 1.82) is 0 Å². The van der Waals surface area contributed by atoms with Crippen molar-refractivity contribution in [3.05, 3.63) is 177 Å². The minimum atomic E-state index is 0.159. The molecule has 6 aliphatic rings. The molecule has 0 saturated heterocycles. The lowest BCUT2D eigenvalue weighted by Crippen LogP contribution is -2.24. The van der Waals surface area contributed by atoms with Crippen molar-refractivity contribution in [2.75, 3.05) is 0 Å². The van der Waals surface area contributed by atoms with E-state index in [1.165, 1.54) is 143 Å². The standard InChI is InChI=1S/C54H48/c1-2-10-30-53(29-9-1)47-15-7-5-13-41(47)43-25-21-37(33-49(43)53)39-23-19-35-17-18-36-20-24-40(46-28-27-45(39)51(35)52(36)46)38-22-26-44-42-14-6-8-16-48(42)54(50(44)34-38)31-11-3-4-12-32-54/h5-8,13-28,33-34,39-40H,1-4,9-12,29-32H2. The van der Waals surface area contributed by atoms with E-state index in [0.717, 1.165) is 0 Å². The molecule has 2 fully saturated rings. The van der Waals surface area contributed by atoms with Gasteiger partial charge in [0.05, 0.1) is 0 Å². The molecule has 6 aliphatic carbocycles. The summed E-state index contributed by atoms with van der Waals surface area (Å²) in [7, 11) is 0. The van der Waals surface area contributed by atoms with Crippen LogP contribution in [0.4, 0.5) is 0 Å².